The van der Waals surface area contributed by atoms with E-state index in [2.05, 4.69) is 15.6 Å². The van der Waals surface area contributed by atoms with E-state index in [-0.39, 0.29) is 6.04 Å². The molecule has 0 aliphatic carbocycles. The first-order valence-electron chi connectivity index (χ1n) is 6.80. The van der Waals surface area contributed by atoms with E-state index >= 15 is 0 Å². The lowest BCUT2D eigenvalue weighted by molar-refractivity contribution is -0.150. The highest BCUT2D eigenvalue weighted by Gasteiger charge is 2.44. The van der Waals surface area contributed by atoms with E-state index in [1.54, 1.807) is 46.2 Å². The highest BCUT2D eigenvalue weighted by molar-refractivity contribution is 5.79. The van der Waals surface area contributed by atoms with Gasteiger partial charge in [0.25, 0.3) is 0 Å². The number of carboxylic acid groups (broad SMARTS) is 1. The quantitative estimate of drug-likeness (QED) is 0.777. The van der Waals surface area contributed by atoms with Crippen LogP contribution < -0.4 is 10.6 Å². The van der Waals surface area contributed by atoms with E-state index in [1.165, 1.54) is 0 Å². The molecule has 0 saturated carbocycles. The van der Waals surface area contributed by atoms with Gasteiger partial charge in [-0.3, -0.25) is 9.78 Å². The van der Waals surface area contributed by atoms with E-state index < -0.39 is 23.0 Å². The Morgan fingerprint density at radius 3 is 2.38 bits per heavy atom. The molecule has 0 saturated heterocycles. The molecule has 1 atom stereocenters. The lowest BCUT2D eigenvalue weighted by Gasteiger charge is -2.39. The number of nitrogens with one attached hydrogen (secondary N) is 2. The largest absolute Gasteiger partial charge is 0.481 e. The number of carbonyl (C=O) groups is 2. The van der Waals surface area contributed by atoms with Crippen LogP contribution in [0.25, 0.3) is 0 Å². The lowest BCUT2D eigenvalue weighted by atomic mass is 9.74. The average molecular weight is 293 g/mol. The molecule has 0 radical (unpaired) electrons. The van der Waals surface area contributed by atoms with Gasteiger partial charge in [0.05, 0.1) is 17.0 Å². The van der Waals surface area contributed by atoms with Crippen molar-refractivity contribution >= 4 is 12.0 Å². The molecule has 1 aromatic rings. The monoisotopic (exact) mass is 293 g/mol. The van der Waals surface area contributed by atoms with Crippen molar-refractivity contribution in [1.29, 1.82) is 0 Å². The summed E-state index contributed by atoms with van der Waals surface area (Å²) in [6, 6.07) is 3.03. The van der Waals surface area contributed by atoms with Gasteiger partial charge >= 0.3 is 12.0 Å². The Morgan fingerprint density at radius 2 is 1.90 bits per heavy atom. The van der Waals surface area contributed by atoms with Crippen LogP contribution >= 0.6 is 0 Å². The number of carboxylic acids is 1. The molecule has 1 aromatic heterocycles. The predicted molar refractivity (Wildman–Crippen MR) is 79.8 cm³/mol. The Hall–Kier alpha value is -2.11. The SMILES string of the molecule is CC(NC(=O)NC(C)(C)C(C)(C)C(=O)O)c1cccnc1. The zero-order valence-corrected chi connectivity index (χ0v) is 13.1. The summed E-state index contributed by atoms with van der Waals surface area (Å²) in [5.74, 6) is -0.965. The maximum absolute atomic E-state index is 12.1. The van der Waals surface area contributed by atoms with Gasteiger partial charge in [-0.1, -0.05) is 6.07 Å². The molecule has 0 aliphatic rings. The minimum absolute atomic E-state index is 0.220. The van der Waals surface area contributed by atoms with Crippen LogP contribution in [0.5, 0.6) is 0 Å². The zero-order chi connectivity index (χ0) is 16.3. The summed E-state index contributed by atoms with van der Waals surface area (Å²) in [7, 11) is 0. The molecular weight excluding hydrogens is 270 g/mol. The van der Waals surface area contributed by atoms with Gasteiger partial charge in [-0.25, -0.2) is 4.79 Å². The number of aromatic nitrogens is 1. The summed E-state index contributed by atoms with van der Waals surface area (Å²) in [5, 5.41) is 14.8. The normalized spacial score (nSPS) is 13.4. The number of amides is 2. The molecule has 6 nitrogen and oxygen atoms in total. The van der Waals surface area contributed by atoms with Gasteiger partial charge in [-0.2, -0.15) is 0 Å². The van der Waals surface area contributed by atoms with E-state index in [4.69, 9.17) is 0 Å². The fourth-order valence-electron chi connectivity index (χ4n) is 1.66. The predicted octanol–water partition coefficient (Wildman–Crippen LogP) is 2.33. The van der Waals surface area contributed by atoms with Gasteiger partial charge in [0.15, 0.2) is 0 Å². The number of aliphatic carboxylic acids is 1. The van der Waals surface area contributed by atoms with Crippen LogP contribution in [0.4, 0.5) is 4.79 Å². The summed E-state index contributed by atoms with van der Waals surface area (Å²) in [5.41, 5.74) is -1.12. The Balaban J connectivity index is 2.71. The van der Waals surface area contributed by atoms with Crippen LogP contribution in [0.3, 0.4) is 0 Å². The van der Waals surface area contributed by atoms with Crippen LogP contribution in [-0.4, -0.2) is 27.6 Å². The number of urea groups is 1. The molecular formula is C15H23N3O3. The third-order valence-electron chi connectivity index (χ3n) is 4.06. The highest BCUT2D eigenvalue weighted by Crippen LogP contribution is 2.30. The molecule has 0 fully saturated rings. The standard InChI is InChI=1S/C15H23N3O3/c1-10(11-7-6-8-16-9-11)17-13(21)18-15(4,5)14(2,3)12(19)20/h6-10H,1-5H3,(H,19,20)(H2,17,18,21). The second kappa shape index (κ2) is 6.11. The molecule has 1 rings (SSSR count). The third-order valence-corrected chi connectivity index (χ3v) is 4.06. The van der Waals surface area contributed by atoms with Gasteiger partial charge in [0.2, 0.25) is 0 Å². The highest BCUT2D eigenvalue weighted by atomic mass is 16.4. The number of hydrogen-bond acceptors (Lipinski definition) is 3. The maximum atomic E-state index is 12.1. The Morgan fingerprint density at radius 1 is 1.29 bits per heavy atom. The van der Waals surface area contributed by atoms with E-state index in [1.807, 2.05) is 13.0 Å². The molecule has 0 aromatic carbocycles. The molecule has 6 heteroatoms. The van der Waals surface area contributed by atoms with Gasteiger partial charge in [-0.05, 0) is 46.2 Å². The number of carbonyl (C=O) groups excluding carboxylic acids is 1. The minimum atomic E-state index is -1.10. The van der Waals surface area contributed by atoms with Crippen LogP contribution in [0.2, 0.25) is 0 Å². The van der Waals surface area contributed by atoms with Crippen molar-refractivity contribution in [3.8, 4) is 0 Å². The summed E-state index contributed by atoms with van der Waals surface area (Å²) in [6.45, 7) is 8.39. The molecule has 2 amide bonds. The molecule has 0 spiro atoms. The van der Waals surface area contributed by atoms with Crippen molar-refractivity contribution in [1.82, 2.24) is 15.6 Å². The summed E-state index contributed by atoms with van der Waals surface area (Å²) in [4.78, 5) is 27.4. The van der Waals surface area contributed by atoms with Crippen LogP contribution in [0.15, 0.2) is 24.5 Å². The van der Waals surface area contributed by atoms with Gasteiger partial charge in [0.1, 0.15) is 0 Å². The van der Waals surface area contributed by atoms with Crippen LogP contribution in [0, 0.1) is 5.41 Å². The van der Waals surface area contributed by atoms with Crippen molar-refractivity contribution in [3.63, 3.8) is 0 Å². The van der Waals surface area contributed by atoms with E-state index in [0.29, 0.717) is 0 Å². The fourth-order valence-corrected chi connectivity index (χ4v) is 1.66. The molecule has 3 N–H and O–H groups in total. The fraction of sp³-hybridized carbons (Fsp3) is 0.533. The van der Waals surface area contributed by atoms with Crippen molar-refractivity contribution in [3.05, 3.63) is 30.1 Å². The van der Waals surface area contributed by atoms with Gasteiger partial charge in [0, 0.05) is 12.4 Å². The van der Waals surface area contributed by atoms with Crippen LogP contribution in [0.1, 0.15) is 46.2 Å². The zero-order valence-electron chi connectivity index (χ0n) is 13.1. The molecule has 0 aliphatic heterocycles. The summed E-state index contributed by atoms with van der Waals surface area (Å²) in [6.07, 6.45) is 3.34. The summed E-state index contributed by atoms with van der Waals surface area (Å²) >= 11 is 0. The second-order valence-electron chi connectivity index (χ2n) is 6.16. The number of nitrogens with zero attached hydrogens (tertiary/aromatic N) is 1. The molecule has 21 heavy (non-hydrogen) atoms. The smallest absolute Gasteiger partial charge is 0.315 e. The Labute approximate surface area is 125 Å². The van der Waals surface area contributed by atoms with Crippen LogP contribution in [-0.2, 0) is 4.79 Å². The Bertz CT molecular complexity index is 512. The maximum Gasteiger partial charge on any atom is 0.315 e. The minimum Gasteiger partial charge on any atom is -0.481 e. The Kier molecular flexibility index (Phi) is 4.93. The lowest BCUT2D eigenvalue weighted by Crippen LogP contribution is -2.59. The molecule has 1 heterocycles. The van der Waals surface area contributed by atoms with Crippen molar-refractivity contribution in [2.75, 3.05) is 0 Å². The van der Waals surface area contributed by atoms with Crippen molar-refractivity contribution in [2.24, 2.45) is 5.41 Å². The molecule has 116 valence electrons. The average Bonchev–Trinajstić information content (AvgIpc) is 2.38. The molecule has 0 bridgehead atoms. The number of pyridine rings is 1. The van der Waals surface area contributed by atoms with Gasteiger partial charge in [-0.15, -0.1) is 0 Å². The topological polar surface area (TPSA) is 91.3 Å². The molecule has 1 unspecified atom stereocenters. The first-order chi connectivity index (χ1) is 9.58. The third kappa shape index (κ3) is 3.93. The van der Waals surface area contributed by atoms with Crippen molar-refractivity contribution < 1.29 is 14.7 Å². The van der Waals surface area contributed by atoms with E-state index in [9.17, 15) is 14.7 Å². The first-order valence-corrected chi connectivity index (χ1v) is 6.80. The summed E-state index contributed by atoms with van der Waals surface area (Å²) < 4.78 is 0. The van der Waals surface area contributed by atoms with Crippen molar-refractivity contribution in [2.45, 2.75) is 46.2 Å². The van der Waals surface area contributed by atoms with Gasteiger partial charge < -0.3 is 15.7 Å². The van der Waals surface area contributed by atoms with E-state index in [0.717, 1.165) is 5.56 Å². The first kappa shape index (κ1) is 16.9. The number of hydrogen-bond donors (Lipinski definition) is 3. The number of rotatable bonds is 5. The second-order valence-corrected chi connectivity index (χ2v) is 6.16.